The average Bonchev–Trinajstić information content (AvgIpc) is 2.52. The monoisotopic (exact) mass is 323 g/mol. The number of nitriles is 1. The molecule has 0 fully saturated rings. The van der Waals surface area contributed by atoms with Gasteiger partial charge in [-0.1, -0.05) is 32.0 Å². The Balaban J connectivity index is 2.30. The maximum absolute atomic E-state index is 12.4. The number of hydrogen-bond acceptors (Lipinski definition) is 3. The van der Waals surface area contributed by atoms with Crippen molar-refractivity contribution in [3.8, 4) is 6.07 Å². The fraction of sp³-hybridized carbons (Fsp3) is 0.316. The van der Waals surface area contributed by atoms with E-state index in [-0.39, 0.29) is 23.9 Å². The summed E-state index contributed by atoms with van der Waals surface area (Å²) in [6.07, 6.45) is 0. The van der Waals surface area contributed by atoms with Gasteiger partial charge in [-0.3, -0.25) is 9.59 Å². The summed E-state index contributed by atoms with van der Waals surface area (Å²) in [6.45, 7) is 7.46. The first kappa shape index (κ1) is 17.5. The lowest BCUT2D eigenvalue weighted by molar-refractivity contribution is -0.116. The van der Waals surface area contributed by atoms with Crippen molar-refractivity contribution >= 4 is 11.6 Å². The van der Waals surface area contributed by atoms with Crippen LogP contribution in [0.1, 0.15) is 42.1 Å². The maximum atomic E-state index is 12.4. The molecular formula is C19H21N3O2. The Morgan fingerprint density at radius 3 is 2.58 bits per heavy atom. The van der Waals surface area contributed by atoms with Gasteiger partial charge in [-0.05, 0) is 43.0 Å². The van der Waals surface area contributed by atoms with Crippen LogP contribution in [-0.2, 0) is 11.3 Å². The van der Waals surface area contributed by atoms with Gasteiger partial charge in [-0.2, -0.15) is 5.26 Å². The van der Waals surface area contributed by atoms with Crippen LogP contribution < -0.4 is 10.9 Å². The molecule has 1 amide bonds. The third-order valence-corrected chi connectivity index (χ3v) is 3.97. The predicted molar refractivity (Wildman–Crippen MR) is 94.1 cm³/mol. The first-order valence-corrected chi connectivity index (χ1v) is 7.85. The van der Waals surface area contributed by atoms with Crippen molar-refractivity contribution < 1.29 is 4.79 Å². The van der Waals surface area contributed by atoms with E-state index in [0.717, 1.165) is 11.3 Å². The van der Waals surface area contributed by atoms with Gasteiger partial charge in [0.25, 0.3) is 5.56 Å². The molecule has 1 heterocycles. The van der Waals surface area contributed by atoms with Crippen LogP contribution in [0.15, 0.2) is 35.1 Å². The van der Waals surface area contributed by atoms with Crippen molar-refractivity contribution in [3.05, 3.63) is 63.1 Å². The zero-order valence-electron chi connectivity index (χ0n) is 14.4. The number of para-hydroxylation sites is 1. The Morgan fingerprint density at radius 2 is 1.96 bits per heavy atom. The van der Waals surface area contributed by atoms with Gasteiger partial charge in [0.2, 0.25) is 5.91 Å². The van der Waals surface area contributed by atoms with Crippen LogP contribution >= 0.6 is 0 Å². The smallest absolute Gasteiger partial charge is 0.269 e. The second kappa shape index (κ2) is 7.14. The largest absolute Gasteiger partial charge is 0.324 e. The van der Waals surface area contributed by atoms with E-state index < -0.39 is 5.56 Å². The molecular weight excluding hydrogens is 302 g/mol. The minimum Gasteiger partial charge on any atom is -0.324 e. The minimum absolute atomic E-state index is 0.0796. The van der Waals surface area contributed by atoms with E-state index in [9.17, 15) is 9.59 Å². The molecule has 0 saturated heterocycles. The fourth-order valence-electron chi connectivity index (χ4n) is 2.71. The van der Waals surface area contributed by atoms with Gasteiger partial charge in [-0.15, -0.1) is 0 Å². The van der Waals surface area contributed by atoms with Crippen LogP contribution in [0.2, 0.25) is 0 Å². The van der Waals surface area contributed by atoms with Gasteiger partial charge in [0.05, 0.1) is 0 Å². The highest BCUT2D eigenvalue weighted by Crippen LogP contribution is 2.23. The predicted octanol–water partition coefficient (Wildman–Crippen LogP) is 3.10. The lowest BCUT2D eigenvalue weighted by Gasteiger charge is -2.15. The van der Waals surface area contributed by atoms with Gasteiger partial charge in [0.1, 0.15) is 18.2 Å². The Kier molecular flexibility index (Phi) is 5.20. The van der Waals surface area contributed by atoms with Crippen molar-refractivity contribution in [1.82, 2.24) is 4.57 Å². The average molecular weight is 323 g/mol. The first-order valence-electron chi connectivity index (χ1n) is 7.85. The van der Waals surface area contributed by atoms with Crippen LogP contribution in [0.5, 0.6) is 0 Å². The number of aromatic nitrogens is 1. The number of pyridine rings is 1. The number of nitrogens with one attached hydrogen (secondary N) is 1. The van der Waals surface area contributed by atoms with Crippen molar-refractivity contribution in [2.75, 3.05) is 5.32 Å². The molecule has 1 aromatic heterocycles. The van der Waals surface area contributed by atoms with Crippen LogP contribution in [0, 0.1) is 25.2 Å². The van der Waals surface area contributed by atoms with E-state index in [1.807, 2.05) is 30.3 Å². The molecule has 0 bridgehead atoms. The molecule has 2 aromatic rings. The number of rotatable bonds is 4. The Labute approximate surface area is 141 Å². The van der Waals surface area contributed by atoms with E-state index in [1.54, 1.807) is 19.9 Å². The van der Waals surface area contributed by atoms with Gasteiger partial charge < -0.3 is 9.88 Å². The summed E-state index contributed by atoms with van der Waals surface area (Å²) in [5, 5.41) is 12.0. The second-order valence-electron chi connectivity index (χ2n) is 6.14. The summed E-state index contributed by atoms with van der Waals surface area (Å²) in [5.41, 5.74) is 2.72. The quantitative estimate of drug-likeness (QED) is 0.939. The molecule has 124 valence electrons. The van der Waals surface area contributed by atoms with E-state index in [4.69, 9.17) is 5.26 Å². The molecule has 0 unspecified atom stereocenters. The molecule has 5 nitrogen and oxygen atoms in total. The number of aryl methyl sites for hydroxylation is 2. The molecule has 0 radical (unpaired) electrons. The van der Waals surface area contributed by atoms with Crippen LogP contribution in [0.3, 0.4) is 0 Å². The molecule has 0 spiro atoms. The molecule has 24 heavy (non-hydrogen) atoms. The molecule has 5 heteroatoms. The highest BCUT2D eigenvalue weighted by molar-refractivity contribution is 5.91. The van der Waals surface area contributed by atoms with Crippen molar-refractivity contribution in [2.24, 2.45) is 0 Å². The molecule has 2 rings (SSSR count). The van der Waals surface area contributed by atoms with Crippen molar-refractivity contribution in [1.29, 1.82) is 5.26 Å². The third kappa shape index (κ3) is 3.54. The minimum atomic E-state index is -0.428. The molecule has 1 aromatic carbocycles. The number of hydrogen-bond donors (Lipinski definition) is 1. The molecule has 0 aliphatic heterocycles. The van der Waals surface area contributed by atoms with Crippen molar-refractivity contribution in [2.45, 2.75) is 40.2 Å². The van der Waals surface area contributed by atoms with Crippen LogP contribution in [-0.4, -0.2) is 10.5 Å². The van der Waals surface area contributed by atoms with Crippen LogP contribution in [0.25, 0.3) is 0 Å². The highest BCUT2D eigenvalue weighted by Gasteiger charge is 2.14. The van der Waals surface area contributed by atoms with Gasteiger partial charge in [0, 0.05) is 11.4 Å². The van der Waals surface area contributed by atoms with E-state index >= 15 is 0 Å². The SMILES string of the molecule is Cc1cc(C)n(CC(=O)Nc2ccccc2C(C)C)c(=O)c1C#N. The Hall–Kier alpha value is -2.87. The topological polar surface area (TPSA) is 74.9 Å². The number of anilines is 1. The number of carbonyl (C=O) groups excluding carboxylic acids is 1. The zero-order chi connectivity index (χ0) is 17.9. The lowest BCUT2D eigenvalue weighted by Crippen LogP contribution is -2.31. The molecule has 1 N–H and O–H groups in total. The number of benzene rings is 1. The summed E-state index contributed by atoms with van der Waals surface area (Å²) in [5.74, 6) is -0.0171. The van der Waals surface area contributed by atoms with Gasteiger partial charge in [0.15, 0.2) is 0 Å². The second-order valence-corrected chi connectivity index (χ2v) is 6.14. The van der Waals surface area contributed by atoms with E-state index in [0.29, 0.717) is 11.3 Å². The van der Waals surface area contributed by atoms with Gasteiger partial charge in [-0.25, -0.2) is 0 Å². The number of carbonyl (C=O) groups is 1. The summed E-state index contributed by atoms with van der Waals surface area (Å²) in [4.78, 5) is 24.8. The molecule has 0 saturated carbocycles. The third-order valence-electron chi connectivity index (χ3n) is 3.97. The lowest BCUT2D eigenvalue weighted by atomic mass is 10.0. The highest BCUT2D eigenvalue weighted by atomic mass is 16.2. The van der Waals surface area contributed by atoms with E-state index in [1.165, 1.54) is 4.57 Å². The molecule has 0 aliphatic carbocycles. The van der Waals surface area contributed by atoms with E-state index in [2.05, 4.69) is 19.2 Å². The van der Waals surface area contributed by atoms with Gasteiger partial charge >= 0.3 is 0 Å². The number of nitrogens with zero attached hydrogens (tertiary/aromatic N) is 2. The summed E-state index contributed by atoms with van der Waals surface area (Å²) >= 11 is 0. The molecule has 0 atom stereocenters. The first-order chi connectivity index (χ1) is 11.3. The number of amides is 1. The standard InChI is InChI=1S/C19H21N3O2/c1-12(2)15-7-5-6-8-17(15)21-18(23)11-22-14(4)9-13(3)16(10-20)19(22)24/h5-9,12H,11H2,1-4H3,(H,21,23). The summed E-state index contributed by atoms with van der Waals surface area (Å²) < 4.78 is 1.33. The zero-order valence-corrected chi connectivity index (χ0v) is 14.4. The maximum Gasteiger partial charge on any atom is 0.269 e. The molecule has 0 aliphatic rings. The fourth-order valence-corrected chi connectivity index (χ4v) is 2.71. The Morgan fingerprint density at radius 1 is 1.29 bits per heavy atom. The van der Waals surface area contributed by atoms with Crippen LogP contribution in [0.4, 0.5) is 5.69 Å². The Bertz CT molecular complexity index is 873. The van der Waals surface area contributed by atoms with Crippen molar-refractivity contribution in [3.63, 3.8) is 0 Å². The summed E-state index contributed by atoms with van der Waals surface area (Å²) in [6, 6.07) is 11.3. The normalized spacial score (nSPS) is 10.5. The summed E-state index contributed by atoms with van der Waals surface area (Å²) in [7, 11) is 0.